The molecule has 6 rings (SSSR count). The number of ether oxygens (including phenoxy) is 2. The maximum atomic E-state index is 13.0. The Kier molecular flexibility index (Phi) is 6.17. The van der Waals surface area contributed by atoms with Gasteiger partial charge in [0.05, 0.1) is 29.3 Å². The zero-order chi connectivity index (χ0) is 24.1. The van der Waals surface area contributed by atoms with Crippen molar-refractivity contribution in [1.82, 2.24) is 4.31 Å². The first-order chi connectivity index (χ1) is 16.1. The lowest BCUT2D eigenvalue weighted by molar-refractivity contribution is -0.196. The number of carbonyl (C=O) groups is 2. The molecule has 186 valence electrons. The Balaban J connectivity index is 1.22. The zero-order valence-corrected chi connectivity index (χ0v) is 20.4. The van der Waals surface area contributed by atoms with E-state index in [1.165, 1.54) is 22.5 Å². The number of amides is 1. The molecule has 1 aliphatic heterocycles. The van der Waals surface area contributed by atoms with E-state index in [0.717, 1.165) is 19.3 Å². The summed E-state index contributed by atoms with van der Waals surface area (Å²) in [6.07, 6.45) is 4.33. The van der Waals surface area contributed by atoms with Crippen LogP contribution in [0.3, 0.4) is 0 Å². The van der Waals surface area contributed by atoms with Gasteiger partial charge in [-0.05, 0) is 68.6 Å². The van der Waals surface area contributed by atoms with E-state index in [4.69, 9.17) is 21.1 Å². The van der Waals surface area contributed by atoms with Crippen molar-refractivity contribution in [1.29, 1.82) is 0 Å². The quantitative estimate of drug-likeness (QED) is 0.560. The van der Waals surface area contributed by atoms with Crippen molar-refractivity contribution >= 4 is 39.2 Å². The molecule has 1 heterocycles. The van der Waals surface area contributed by atoms with E-state index in [-0.39, 0.29) is 28.7 Å². The number of carbonyl (C=O) groups excluding carboxylic acids is 2. The number of nitrogens with zero attached hydrogens (tertiary/aromatic N) is 1. The van der Waals surface area contributed by atoms with Gasteiger partial charge in [0.2, 0.25) is 10.0 Å². The molecule has 4 bridgehead atoms. The van der Waals surface area contributed by atoms with Crippen molar-refractivity contribution < 1.29 is 32.6 Å². The molecule has 5 aliphatic rings. The standard InChI is InChI=1S/C23H29ClN2O7S/c24-18-2-1-17(8-19(18)34(30,31)26-3-5-32-6-4-26)25-20(27)13-33-21(28)22-9-15-7-16(10-22)12-23(29,11-15)14-22/h1-2,8,15-16,29H,3-7,9-14H2,(H,25,27)/t15-,16+,22?,23?. The van der Waals surface area contributed by atoms with Gasteiger partial charge in [-0.1, -0.05) is 11.6 Å². The van der Waals surface area contributed by atoms with Gasteiger partial charge in [0.1, 0.15) is 4.90 Å². The molecule has 4 aliphatic carbocycles. The molecule has 2 unspecified atom stereocenters. The van der Waals surface area contributed by atoms with Crippen molar-refractivity contribution in [3.8, 4) is 0 Å². The first kappa shape index (κ1) is 24.0. The fourth-order valence-corrected chi connectivity index (χ4v) is 8.55. The lowest BCUT2D eigenvalue weighted by atomic mass is 9.48. The summed E-state index contributed by atoms with van der Waals surface area (Å²) in [6.45, 7) is 0.578. The van der Waals surface area contributed by atoms with E-state index in [1.807, 2.05) is 0 Å². The highest BCUT2D eigenvalue weighted by molar-refractivity contribution is 7.89. The molecule has 11 heteroatoms. The van der Waals surface area contributed by atoms with E-state index in [2.05, 4.69) is 5.32 Å². The zero-order valence-electron chi connectivity index (χ0n) is 18.8. The van der Waals surface area contributed by atoms with E-state index in [9.17, 15) is 23.1 Å². The summed E-state index contributed by atoms with van der Waals surface area (Å²) < 4.78 is 37.9. The van der Waals surface area contributed by atoms with E-state index < -0.39 is 39.5 Å². The minimum absolute atomic E-state index is 0.0515. The second-order valence-electron chi connectivity index (χ2n) is 10.3. The highest BCUT2D eigenvalue weighted by Crippen LogP contribution is 2.61. The van der Waals surface area contributed by atoms with Gasteiger partial charge in [0, 0.05) is 18.8 Å². The third-order valence-electron chi connectivity index (χ3n) is 7.60. The van der Waals surface area contributed by atoms with Crippen molar-refractivity contribution in [3.63, 3.8) is 0 Å². The molecule has 4 atom stereocenters. The van der Waals surface area contributed by atoms with Crippen LogP contribution < -0.4 is 5.32 Å². The molecular weight excluding hydrogens is 484 g/mol. The molecule has 1 saturated heterocycles. The molecule has 1 aromatic rings. The number of sulfonamides is 1. The van der Waals surface area contributed by atoms with Crippen molar-refractivity contribution in [3.05, 3.63) is 23.2 Å². The first-order valence-electron chi connectivity index (χ1n) is 11.7. The average Bonchev–Trinajstić information content (AvgIpc) is 2.77. The van der Waals surface area contributed by atoms with E-state index in [0.29, 0.717) is 44.3 Å². The number of halogens is 1. The molecule has 0 aromatic heterocycles. The van der Waals surface area contributed by atoms with Gasteiger partial charge in [0.25, 0.3) is 5.91 Å². The highest BCUT2D eigenvalue weighted by Gasteiger charge is 2.60. The summed E-state index contributed by atoms with van der Waals surface area (Å²) >= 11 is 6.16. The van der Waals surface area contributed by atoms with Crippen LogP contribution in [0, 0.1) is 17.3 Å². The number of rotatable bonds is 6. The average molecular weight is 513 g/mol. The number of esters is 1. The third-order valence-corrected chi connectivity index (χ3v) is 9.98. The van der Waals surface area contributed by atoms with Crippen LogP contribution in [0.2, 0.25) is 5.02 Å². The van der Waals surface area contributed by atoms with Crippen molar-refractivity contribution in [2.45, 2.75) is 49.0 Å². The summed E-state index contributed by atoms with van der Waals surface area (Å²) in [7, 11) is -3.85. The van der Waals surface area contributed by atoms with Crippen LogP contribution in [-0.4, -0.2) is 68.2 Å². The monoisotopic (exact) mass is 512 g/mol. The van der Waals surface area contributed by atoms with Gasteiger partial charge in [-0.15, -0.1) is 0 Å². The summed E-state index contributed by atoms with van der Waals surface area (Å²) in [4.78, 5) is 25.4. The maximum Gasteiger partial charge on any atom is 0.312 e. The molecule has 1 aromatic carbocycles. The Morgan fingerprint density at radius 1 is 1.18 bits per heavy atom. The first-order valence-corrected chi connectivity index (χ1v) is 13.5. The van der Waals surface area contributed by atoms with E-state index >= 15 is 0 Å². The molecule has 1 amide bonds. The lowest BCUT2D eigenvalue weighted by Gasteiger charge is -2.58. The van der Waals surface area contributed by atoms with Crippen molar-refractivity contribution in [2.75, 3.05) is 38.2 Å². The third kappa shape index (κ3) is 4.46. The number of aliphatic hydroxyl groups is 1. The summed E-state index contributed by atoms with van der Waals surface area (Å²) in [5.74, 6) is -0.349. The van der Waals surface area contributed by atoms with Crippen LogP contribution in [0.5, 0.6) is 0 Å². The van der Waals surface area contributed by atoms with Crippen LogP contribution in [0.25, 0.3) is 0 Å². The van der Waals surface area contributed by atoms with Crippen molar-refractivity contribution in [2.24, 2.45) is 17.3 Å². The van der Waals surface area contributed by atoms with Crippen LogP contribution in [0.4, 0.5) is 5.69 Å². The topological polar surface area (TPSA) is 122 Å². The fourth-order valence-electron chi connectivity index (χ4n) is 6.64. The van der Waals surface area contributed by atoms with E-state index in [1.54, 1.807) is 0 Å². The number of nitrogens with one attached hydrogen (secondary N) is 1. The molecule has 4 saturated carbocycles. The fraction of sp³-hybridized carbons (Fsp3) is 0.652. The second-order valence-corrected chi connectivity index (χ2v) is 12.6. The minimum atomic E-state index is -3.85. The minimum Gasteiger partial charge on any atom is -0.455 e. The number of hydrogen-bond donors (Lipinski definition) is 2. The van der Waals surface area contributed by atoms with Gasteiger partial charge in [-0.2, -0.15) is 4.31 Å². The van der Waals surface area contributed by atoms with Gasteiger partial charge >= 0.3 is 5.97 Å². The van der Waals surface area contributed by atoms with Gasteiger partial charge in [-0.25, -0.2) is 8.42 Å². The summed E-state index contributed by atoms with van der Waals surface area (Å²) in [6, 6.07) is 4.21. The Hall–Kier alpha value is -1.72. The number of benzene rings is 1. The van der Waals surface area contributed by atoms with Crippen LogP contribution >= 0.6 is 11.6 Å². The summed E-state index contributed by atoms with van der Waals surface area (Å²) in [5.41, 5.74) is -1.27. The SMILES string of the molecule is O=C(COC(=O)C12C[C@@H]3C[C@@H](CC(O)(C3)C1)C2)Nc1ccc(Cl)c(S(=O)(=O)N2CCOCC2)c1. The Labute approximate surface area is 203 Å². The molecule has 2 N–H and O–H groups in total. The Morgan fingerprint density at radius 3 is 2.50 bits per heavy atom. The molecule has 34 heavy (non-hydrogen) atoms. The smallest absolute Gasteiger partial charge is 0.312 e. The molecular formula is C23H29ClN2O7S. The molecule has 0 radical (unpaired) electrons. The Morgan fingerprint density at radius 2 is 1.85 bits per heavy atom. The Bertz CT molecular complexity index is 1090. The number of hydrogen-bond acceptors (Lipinski definition) is 7. The second kappa shape index (κ2) is 8.74. The van der Waals surface area contributed by atoms with Crippen LogP contribution in [0.15, 0.2) is 23.1 Å². The molecule has 9 nitrogen and oxygen atoms in total. The largest absolute Gasteiger partial charge is 0.455 e. The van der Waals surface area contributed by atoms with Crippen LogP contribution in [-0.2, 0) is 29.1 Å². The van der Waals surface area contributed by atoms with Gasteiger partial charge in [-0.3, -0.25) is 9.59 Å². The number of anilines is 1. The number of morpholine rings is 1. The van der Waals surface area contributed by atoms with Crippen LogP contribution in [0.1, 0.15) is 38.5 Å². The lowest BCUT2D eigenvalue weighted by Crippen LogP contribution is -2.58. The predicted molar refractivity (Wildman–Crippen MR) is 123 cm³/mol. The maximum absolute atomic E-state index is 13.0. The highest BCUT2D eigenvalue weighted by atomic mass is 35.5. The van der Waals surface area contributed by atoms with Gasteiger partial charge in [0.15, 0.2) is 6.61 Å². The summed E-state index contributed by atoms with van der Waals surface area (Å²) in [5, 5.41) is 13.5. The normalized spacial score (nSPS) is 33.0. The van der Waals surface area contributed by atoms with Gasteiger partial charge < -0.3 is 19.9 Å². The molecule has 5 fully saturated rings. The molecule has 0 spiro atoms. The predicted octanol–water partition coefficient (Wildman–Crippen LogP) is 2.17.